The lowest BCUT2D eigenvalue weighted by Gasteiger charge is -2.22. The second-order valence-electron chi connectivity index (χ2n) is 4.77. The largest absolute Gasteiger partial charge is 0.331 e. The minimum absolute atomic E-state index is 0.164. The van der Waals surface area contributed by atoms with Gasteiger partial charge in [-0.3, -0.25) is 4.79 Å². The van der Waals surface area contributed by atoms with Gasteiger partial charge < -0.3 is 4.90 Å². The van der Waals surface area contributed by atoms with Gasteiger partial charge in [0.25, 0.3) is 5.91 Å². The van der Waals surface area contributed by atoms with E-state index >= 15 is 0 Å². The van der Waals surface area contributed by atoms with Crippen molar-refractivity contribution in [2.24, 2.45) is 0 Å². The quantitative estimate of drug-likeness (QED) is 0.814. The number of carbonyl (C=O) groups is 1. The minimum atomic E-state index is 0.164. The van der Waals surface area contributed by atoms with Crippen molar-refractivity contribution in [3.05, 3.63) is 56.7 Å². The van der Waals surface area contributed by atoms with Gasteiger partial charge in [-0.25, -0.2) is 0 Å². The van der Waals surface area contributed by atoms with Crippen molar-refractivity contribution >= 4 is 33.2 Å². The Kier molecular flexibility index (Phi) is 3.71. The predicted molar refractivity (Wildman–Crippen MR) is 81.4 cm³/mol. The third-order valence-electron chi connectivity index (χ3n) is 3.22. The summed E-state index contributed by atoms with van der Waals surface area (Å²) in [6.45, 7) is 0.695. The zero-order valence-corrected chi connectivity index (χ0v) is 12.8. The van der Waals surface area contributed by atoms with Crippen molar-refractivity contribution in [3.8, 4) is 0 Å². The molecule has 2 aromatic rings. The molecule has 0 saturated heterocycles. The molecule has 4 heteroatoms. The van der Waals surface area contributed by atoms with Crippen molar-refractivity contribution in [1.29, 1.82) is 0 Å². The predicted octanol–water partition coefficient (Wildman–Crippen LogP) is 4.32. The zero-order chi connectivity index (χ0) is 13.2. The summed E-state index contributed by atoms with van der Waals surface area (Å²) in [5.41, 5.74) is 1.17. The summed E-state index contributed by atoms with van der Waals surface area (Å²) in [5.74, 6) is 0.164. The van der Waals surface area contributed by atoms with Crippen LogP contribution in [0, 0.1) is 0 Å². The second kappa shape index (κ2) is 5.47. The summed E-state index contributed by atoms with van der Waals surface area (Å²) in [5, 5.41) is 1.96. The molecule has 1 fully saturated rings. The maximum absolute atomic E-state index is 12.5. The molecule has 0 spiro atoms. The lowest BCUT2D eigenvalue weighted by atomic mass is 10.2. The van der Waals surface area contributed by atoms with Crippen LogP contribution in [0.5, 0.6) is 0 Å². The fourth-order valence-corrected chi connectivity index (χ4v) is 3.25. The van der Waals surface area contributed by atoms with E-state index in [1.54, 1.807) is 0 Å². The highest BCUT2D eigenvalue weighted by atomic mass is 79.9. The normalized spacial score (nSPS) is 14.4. The van der Waals surface area contributed by atoms with E-state index in [1.165, 1.54) is 16.9 Å². The summed E-state index contributed by atoms with van der Waals surface area (Å²) in [4.78, 5) is 15.3. The van der Waals surface area contributed by atoms with E-state index in [2.05, 4.69) is 28.1 Å². The molecule has 1 aliphatic rings. The first kappa shape index (κ1) is 12.9. The summed E-state index contributed by atoms with van der Waals surface area (Å²) < 4.78 is 1.06. The molecule has 1 heterocycles. The van der Waals surface area contributed by atoms with E-state index in [0.29, 0.717) is 12.6 Å². The average molecular weight is 336 g/mol. The molecule has 1 aliphatic carbocycles. The van der Waals surface area contributed by atoms with Gasteiger partial charge in [-0.2, -0.15) is 0 Å². The lowest BCUT2D eigenvalue weighted by molar-refractivity contribution is 0.0735. The molecule has 2 nitrogen and oxygen atoms in total. The number of rotatable bonds is 4. The van der Waals surface area contributed by atoms with Crippen molar-refractivity contribution in [1.82, 2.24) is 4.90 Å². The lowest BCUT2D eigenvalue weighted by Crippen LogP contribution is -2.32. The van der Waals surface area contributed by atoms with Crippen molar-refractivity contribution < 1.29 is 4.79 Å². The Balaban J connectivity index is 1.80. The SMILES string of the molecule is O=C(c1cccs1)N(Cc1cccc(Br)c1)C1CC1. The summed E-state index contributed by atoms with van der Waals surface area (Å²) in [6.07, 6.45) is 2.26. The fourth-order valence-electron chi connectivity index (χ4n) is 2.13. The molecule has 1 saturated carbocycles. The molecule has 1 amide bonds. The van der Waals surface area contributed by atoms with Gasteiger partial charge >= 0.3 is 0 Å². The van der Waals surface area contributed by atoms with E-state index in [1.807, 2.05) is 34.5 Å². The molecule has 0 atom stereocenters. The summed E-state index contributed by atoms with van der Waals surface area (Å²) in [7, 11) is 0. The monoisotopic (exact) mass is 335 g/mol. The van der Waals surface area contributed by atoms with E-state index < -0.39 is 0 Å². The Morgan fingerprint density at radius 3 is 2.79 bits per heavy atom. The van der Waals surface area contributed by atoms with Crippen LogP contribution in [0.15, 0.2) is 46.3 Å². The molecule has 19 heavy (non-hydrogen) atoms. The first-order valence-corrected chi connectivity index (χ1v) is 8.00. The van der Waals surface area contributed by atoms with Gasteiger partial charge in [-0.15, -0.1) is 11.3 Å². The first-order valence-electron chi connectivity index (χ1n) is 6.33. The van der Waals surface area contributed by atoms with Gasteiger partial charge in [0, 0.05) is 17.1 Å². The Morgan fingerprint density at radius 1 is 1.32 bits per heavy atom. The Hall–Kier alpha value is -1.13. The molecule has 1 aromatic heterocycles. The maximum Gasteiger partial charge on any atom is 0.264 e. The third-order valence-corrected chi connectivity index (χ3v) is 4.57. The van der Waals surface area contributed by atoms with Gasteiger partial charge in [-0.05, 0) is 42.0 Å². The van der Waals surface area contributed by atoms with Crippen LogP contribution in [0.4, 0.5) is 0 Å². The number of nitrogens with zero attached hydrogens (tertiary/aromatic N) is 1. The number of benzene rings is 1. The fraction of sp³-hybridized carbons (Fsp3) is 0.267. The molecule has 1 aromatic carbocycles. The van der Waals surface area contributed by atoms with E-state index in [9.17, 15) is 4.79 Å². The molecule has 0 unspecified atom stereocenters. The van der Waals surface area contributed by atoms with Gasteiger partial charge in [0.2, 0.25) is 0 Å². The van der Waals surface area contributed by atoms with Crippen LogP contribution in [-0.2, 0) is 6.54 Å². The highest BCUT2D eigenvalue weighted by molar-refractivity contribution is 9.10. The van der Waals surface area contributed by atoms with Crippen LogP contribution < -0.4 is 0 Å². The van der Waals surface area contributed by atoms with Gasteiger partial charge in [-0.1, -0.05) is 34.1 Å². The van der Waals surface area contributed by atoms with Crippen LogP contribution in [-0.4, -0.2) is 16.8 Å². The van der Waals surface area contributed by atoms with Crippen molar-refractivity contribution in [3.63, 3.8) is 0 Å². The zero-order valence-electron chi connectivity index (χ0n) is 10.4. The number of amides is 1. The van der Waals surface area contributed by atoms with Crippen LogP contribution in [0.1, 0.15) is 28.1 Å². The third kappa shape index (κ3) is 3.07. The van der Waals surface area contributed by atoms with Gasteiger partial charge in [0.05, 0.1) is 4.88 Å². The molecular formula is C15H14BrNOS. The number of thiophene rings is 1. The van der Waals surface area contributed by atoms with Crippen LogP contribution in [0.3, 0.4) is 0 Å². The first-order chi connectivity index (χ1) is 9.24. The molecular weight excluding hydrogens is 322 g/mol. The van der Waals surface area contributed by atoms with E-state index in [4.69, 9.17) is 0 Å². The average Bonchev–Trinajstić information content (AvgIpc) is 3.09. The highest BCUT2D eigenvalue weighted by Gasteiger charge is 2.33. The van der Waals surface area contributed by atoms with Gasteiger partial charge in [0.1, 0.15) is 0 Å². The minimum Gasteiger partial charge on any atom is -0.331 e. The molecule has 0 bridgehead atoms. The van der Waals surface area contributed by atoms with Crippen molar-refractivity contribution in [2.75, 3.05) is 0 Å². The number of hydrogen-bond acceptors (Lipinski definition) is 2. The summed E-state index contributed by atoms with van der Waals surface area (Å²) >= 11 is 5.00. The highest BCUT2D eigenvalue weighted by Crippen LogP contribution is 2.31. The molecule has 0 aliphatic heterocycles. The standard InChI is InChI=1S/C15H14BrNOS/c16-12-4-1-3-11(9-12)10-17(13-6-7-13)15(18)14-5-2-8-19-14/h1-5,8-9,13H,6-7,10H2. The number of hydrogen-bond donors (Lipinski definition) is 0. The maximum atomic E-state index is 12.5. The Morgan fingerprint density at radius 2 is 2.16 bits per heavy atom. The number of halogens is 1. The summed E-state index contributed by atoms with van der Waals surface area (Å²) in [6, 6.07) is 12.4. The molecule has 98 valence electrons. The number of carbonyl (C=O) groups excluding carboxylic acids is 1. The van der Waals surface area contributed by atoms with E-state index in [0.717, 1.165) is 22.2 Å². The van der Waals surface area contributed by atoms with Crippen LogP contribution >= 0.6 is 27.3 Å². The van der Waals surface area contributed by atoms with Crippen LogP contribution in [0.25, 0.3) is 0 Å². The van der Waals surface area contributed by atoms with Gasteiger partial charge in [0.15, 0.2) is 0 Å². The van der Waals surface area contributed by atoms with Crippen LogP contribution in [0.2, 0.25) is 0 Å². The van der Waals surface area contributed by atoms with E-state index in [-0.39, 0.29) is 5.91 Å². The smallest absolute Gasteiger partial charge is 0.264 e. The molecule has 0 N–H and O–H groups in total. The topological polar surface area (TPSA) is 20.3 Å². The Bertz CT molecular complexity index is 578. The van der Waals surface area contributed by atoms with Crippen molar-refractivity contribution in [2.45, 2.75) is 25.4 Å². The Labute approximate surface area is 125 Å². The molecule has 0 radical (unpaired) electrons. The molecule has 3 rings (SSSR count). The second-order valence-corrected chi connectivity index (χ2v) is 6.63.